The molecule has 1 aliphatic carbocycles. The van der Waals surface area contributed by atoms with Crippen LogP contribution < -0.4 is 0 Å². The fourth-order valence-electron chi connectivity index (χ4n) is 2.09. The van der Waals surface area contributed by atoms with E-state index in [0.717, 1.165) is 29.0 Å². The van der Waals surface area contributed by atoms with Crippen LogP contribution in [0.15, 0.2) is 22.7 Å². The second kappa shape index (κ2) is 3.34. The second-order valence-corrected chi connectivity index (χ2v) is 5.35. The Morgan fingerprint density at radius 1 is 1.40 bits per heavy atom. The van der Waals surface area contributed by atoms with Crippen molar-refractivity contribution in [3.05, 3.63) is 33.8 Å². The molecule has 1 saturated carbocycles. The number of halogens is 1. The summed E-state index contributed by atoms with van der Waals surface area (Å²) in [5.74, 6) is 0.977. The van der Waals surface area contributed by atoms with Crippen LogP contribution in [0.5, 0.6) is 0 Å². The average molecular weight is 266 g/mol. The summed E-state index contributed by atoms with van der Waals surface area (Å²) in [6, 6.07) is 5.99. The van der Waals surface area contributed by atoms with Crippen LogP contribution >= 0.6 is 15.9 Å². The van der Waals surface area contributed by atoms with Gasteiger partial charge in [0, 0.05) is 23.1 Å². The molecule has 0 aromatic heterocycles. The summed E-state index contributed by atoms with van der Waals surface area (Å²) in [6.07, 6.45) is 2.59. The molecule has 0 N–H and O–H groups in total. The van der Waals surface area contributed by atoms with E-state index < -0.39 is 0 Å². The number of benzene rings is 1. The number of carbonyl (C=O) groups excluding carboxylic acids is 1. The van der Waals surface area contributed by atoms with Gasteiger partial charge in [-0.25, -0.2) is 0 Å². The van der Waals surface area contributed by atoms with E-state index in [9.17, 15) is 4.79 Å². The summed E-state index contributed by atoms with van der Waals surface area (Å²) in [6.45, 7) is 1.75. The molecule has 3 heteroatoms. The Labute approximate surface area is 97.4 Å². The van der Waals surface area contributed by atoms with E-state index in [-0.39, 0.29) is 5.91 Å². The van der Waals surface area contributed by atoms with Crippen molar-refractivity contribution in [1.29, 1.82) is 0 Å². The van der Waals surface area contributed by atoms with Crippen LogP contribution in [-0.2, 0) is 6.54 Å². The van der Waals surface area contributed by atoms with Gasteiger partial charge in [0.1, 0.15) is 0 Å². The molecule has 1 heterocycles. The normalized spacial score (nSPS) is 19.5. The Morgan fingerprint density at radius 2 is 2.20 bits per heavy atom. The summed E-state index contributed by atoms with van der Waals surface area (Å²) in [5.41, 5.74) is 2.05. The Balaban J connectivity index is 1.87. The number of fused-ring (bicyclic) bond motifs is 1. The largest absolute Gasteiger partial charge is 0.334 e. The quantitative estimate of drug-likeness (QED) is 0.806. The molecule has 0 spiro atoms. The number of rotatable bonds is 2. The molecule has 2 aliphatic rings. The zero-order valence-electron chi connectivity index (χ0n) is 8.37. The molecule has 15 heavy (non-hydrogen) atoms. The number of amides is 1. The second-order valence-electron chi connectivity index (χ2n) is 4.43. The van der Waals surface area contributed by atoms with Gasteiger partial charge in [-0.2, -0.15) is 0 Å². The Morgan fingerprint density at radius 3 is 2.93 bits per heavy atom. The fourth-order valence-corrected chi connectivity index (χ4v) is 2.45. The molecule has 1 aromatic carbocycles. The van der Waals surface area contributed by atoms with Crippen LogP contribution in [0.2, 0.25) is 0 Å². The third-order valence-corrected chi connectivity index (χ3v) is 3.62. The highest BCUT2D eigenvalue weighted by Crippen LogP contribution is 2.33. The van der Waals surface area contributed by atoms with E-state index in [1.54, 1.807) is 0 Å². The third-order valence-electron chi connectivity index (χ3n) is 3.13. The first kappa shape index (κ1) is 9.40. The van der Waals surface area contributed by atoms with Crippen LogP contribution in [0.25, 0.3) is 0 Å². The zero-order chi connectivity index (χ0) is 10.4. The van der Waals surface area contributed by atoms with Gasteiger partial charge in [0.05, 0.1) is 0 Å². The molecule has 78 valence electrons. The molecular weight excluding hydrogens is 254 g/mol. The predicted molar refractivity (Wildman–Crippen MR) is 61.6 cm³/mol. The minimum Gasteiger partial charge on any atom is -0.334 e. The summed E-state index contributed by atoms with van der Waals surface area (Å²) < 4.78 is 0.989. The van der Waals surface area contributed by atoms with Gasteiger partial charge in [0.15, 0.2) is 0 Å². The van der Waals surface area contributed by atoms with Gasteiger partial charge in [-0.3, -0.25) is 4.79 Å². The first-order valence-corrected chi connectivity index (χ1v) is 6.11. The Kier molecular flexibility index (Phi) is 2.09. The van der Waals surface area contributed by atoms with Crippen molar-refractivity contribution < 1.29 is 4.79 Å². The van der Waals surface area contributed by atoms with Gasteiger partial charge in [-0.15, -0.1) is 0 Å². The maximum absolute atomic E-state index is 12.0. The molecule has 1 aromatic rings. The minimum absolute atomic E-state index is 0.207. The van der Waals surface area contributed by atoms with E-state index >= 15 is 0 Å². The summed E-state index contributed by atoms with van der Waals surface area (Å²) in [7, 11) is 0. The maximum Gasteiger partial charge on any atom is 0.254 e. The topological polar surface area (TPSA) is 20.3 Å². The zero-order valence-corrected chi connectivity index (χ0v) is 9.96. The number of hydrogen-bond acceptors (Lipinski definition) is 1. The summed E-state index contributed by atoms with van der Waals surface area (Å²) >= 11 is 3.40. The van der Waals surface area contributed by atoms with Crippen molar-refractivity contribution in [3.8, 4) is 0 Å². The van der Waals surface area contributed by atoms with Crippen molar-refractivity contribution >= 4 is 21.8 Å². The first-order valence-electron chi connectivity index (χ1n) is 5.32. The van der Waals surface area contributed by atoms with Crippen LogP contribution in [0.1, 0.15) is 28.8 Å². The molecule has 0 radical (unpaired) electrons. The minimum atomic E-state index is 0.207. The molecule has 1 aliphatic heterocycles. The van der Waals surface area contributed by atoms with Gasteiger partial charge in [-0.1, -0.05) is 22.0 Å². The number of hydrogen-bond donors (Lipinski definition) is 0. The average Bonchev–Trinajstić information content (AvgIpc) is 2.97. The van der Waals surface area contributed by atoms with Crippen molar-refractivity contribution in [2.75, 3.05) is 6.54 Å². The van der Waals surface area contributed by atoms with Crippen molar-refractivity contribution in [3.63, 3.8) is 0 Å². The van der Waals surface area contributed by atoms with E-state index in [0.29, 0.717) is 0 Å². The van der Waals surface area contributed by atoms with Crippen molar-refractivity contribution in [2.45, 2.75) is 19.4 Å². The van der Waals surface area contributed by atoms with E-state index in [2.05, 4.69) is 15.9 Å². The third kappa shape index (κ3) is 1.69. The highest BCUT2D eigenvalue weighted by atomic mass is 79.9. The highest BCUT2D eigenvalue weighted by Gasteiger charge is 2.32. The standard InChI is InChI=1S/C12H12BrNO/c13-10-4-3-9-7-14(6-8-1-2-8)12(15)11(9)5-10/h3-5,8H,1-2,6-7H2. The van der Waals surface area contributed by atoms with E-state index in [4.69, 9.17) is 0 Å². The van der Waals surface area contributed by atoms with Gasteiger partial charge in [0.2, 0.25) is 0 Å². The smallest absolute Gasteiger partial charge is 0.254 e. The lowest BCUT2D eigenvalue weighted by Gasteiger charge is -2.14. The van der Waals surface area contributed by atoms with Crippen LogP contribution in [0.4, 0.5) is 0 Å². The molecular formula is C12H12BrNO. The fraction of sp³-hybridized carbons (Fsp3) is 0.417. The van der Waals surface area contributed by atoms with Crippen LogP contribution in [0.3, 0.4) is 0 Å². The monoisotopic (exact) mass is 265 g/mol. The molecule has 2 nitrogen and oxygen atoms in total. The highest BCUT2D eigenvalue weighted by molar-refractivity contribution is 9.10. The maximum atomic E-state index is 12.0. The SMILES string of the molecule is O=C1c2cc(Br)ccc2CN1CC1CC1. The molecule has 0 saturated heterocycles. The van der Waals surface area contributed by atoms with E-state index in [1.165, 1.54) is 18.4 Å². The molecule has 0 atom stereocenters. The van der Waals surface area contributed by atoms with Crippen molar-refractivity contribution in [1.82, 2.24) is 4.90 Å². The Hall–Kier alpha value is -0.830. The lowest BCUT2D eigenvalue weighted by molar-refractivity contribution is 0.0771. The molecule has 1 amide bonds. The van der Waals surface area contributed by atoms with Crippen LogP contribution in [-0.4, -0.2) is 17.4 Å². The Bertz CT molecular complexity index is 426. The van der Waals surface area contributed by atoms with Gasteiger partial charge < -0.3 is 4.90 Å². The van der Waals surface area contributed by atoms with E-state index in [1.807, 2.05) is 23.1 Å². The predicted octanol–water partition coefficient (Wildman–Crippen LogP) is 2.81. The number of carbonyl (C=O) groups is 1. The van der Waals surface area contributed by atoms with Gasteiger partial charge in [-0.05, 0) is 36.5 Å². The first-order chi connectivity index (χ1) is 7.24. The summed E-state index contributed by atoms with van der Waals surface area (Å²) in [5, 5.41) is 0. The lowest BCUT2D eigenvalue weighted by atomic mass is 10.1. The van der Waals surface area contributed by atoms with Crippen molar-refractivity contribution in [2.24, 2.45) is 5.92 Å². The molecule has 0 bridgehead atoms. The van der Waals surface area contributed by atoms with Gasteiger partial charge >= 0.3 is 0 Å². The molecule has 1 fully saturated rings. The number of nitrogens with zero attached hydrogens (tertiary/aromatic N) is 1. The lowest BCUT2D eigenvalue weighted by Crippen LogP contribution is -2.26. The molecule has 0 unspecified atom stereocenters. The summed E-state index contributed by atoms with van der Waals surface area (Å²) in [4.78, 5) is 14.0. The molecule has 3 rings (SSSR count). The van der Waals surface area contributed by atoms with Crippen LogP contribution in [0, 0.1) is 5.92 Å². The van der Waals surface area contributed by atoms with Gasteiger partial charge in [0.25, 0.3) is 5.91 Å².